The van der Waals surface area contributed by atoms with Crippen molar-refractivity contribution in [3.05, 3.63) is 66.2 Å². The van der Waals surface area contributed by atoms with Crippen LogP contribution in [-0.2, 0) is 15.1 Å². The van der Waals surface area contributed by atoms with Gasteiger partial charge in [-0.1, -0.05) is 55.5 Å². The molecule has 26 heavy (non-hydrogen) atoms. The molecule has 0 spiro atoms. The Morgan fingerprint density at radius 1 is 1.08 bits per heavy atom. The van der Waals surface area contributed by atoms with E-state index in [1.807, 2.05) is 12.1 Å². The number of urea groups is 1. The Morgan fingerprint density at radius 2 is 1.69 bits per heavy atom. The Bertz CT molecular complexity index is 810. The summed E-state index contributed by atoms with van der Waals surface area (Å²) in [6.45, 7) is 1.49. The van der Waals surface area contributed by atoms with Gasteiger partial charge in [-0.05, 0) is 24.1 Å². The van der Waals surface area contributed by atoms with Gasteiger partial charge in [-0.15, -0.1) is 0 Å². The molecule has 0 aromatic heterocycles. The highest BCUT2D eigenvalue weighted by Gasteiger charge is 2.52. The summed E-state index contributed by atoms with van der Waals surface area (Å²) in [4.78, 5) is 37.2. The lowest BCUT2D eigenvalue weighted by molar-refractivity contribution is -0.140. The second kappa shape index (κ2) is 7.26. The highest BCUT2D eigenvalue weighted by atomic mass is 16.5. The van der Waals surface area contributed by atoms with Crippen LogP contribution in [0.15, 0.2) is 60.7 Å². The van der Waals surface area contributed by atoms with E-state index in [0.717, 1.165) is 0 Å². The van der Waals surface area contributed by atoms with Crippen LogP contribution in [-0.4, -0.2) is 29.5 Å². The van der Waals surface area contributed by atoms with Crippen LogP contribution < -0.4 is 15.5 Å². The van der Waals surface area contributed by atoms with Gasteiger partial charge in [-0.25, -0.2) is 4.79 Å². The fourth-order valence-corrected chi connectivity index (χ4v) is 2.86. The Hall–Kier alpha value is -3.35. The lowest BCUT2D eigenvalue weighted by Gasteiger charge is -2.25. The SMILES string of the molecule is CCC1(c2ccccc2)NC(=O)N(NC(=O)COc2ccccc2)C1=O. The van der Waals surface area contributed by atoms with Gasteiger partial charge in [0.25, 0.3) is 11.8 Å². The minimum atomic E-state index is -1.19. The number of nitrogens with one attached hydrogen (secondary N) is 2. The zero-order valence-electron chi connectivity index (χ0n) is 14.3. The number of carbonyl (C=O) groups excluding carboxylic acids is 3. The molecule has 4 amide bonds. The molecule has 7 heteroatoms. The second-order valence-electron chi connectivity index (χ2n) is 5.83. The number of para-hydroxylation sites is 1. The summed E-state index contributed by atoms with van der Waals surface area (Å²) in [5, 5.41) is 3.41. The van der Waals surface area contributed by atoms with Crippen molar-refractivity contribution in [1.29, 1.82) is 0 Å². The largest absolute Gasteiger partial charge is 0.484 e. The standard InChI is InChI=1S/C19H19N3O4/c1-2-19(14-9-5-3-6-10-14)17(24)22(18(25)20-19)21-16(23)13-26-15-11-7-4-8-12-15/h3-12H,2,13H2,1H3,(H,20,25)(H,21,23). The molecule has 0 bridgehead atoms. The normalized spacial score (nSPS) is 19.2. The molecule has 1 unspecified atom stereocenters. The Kier molecular flexibility index (Phi) is 4.88. The quantitative estimate of drug-likeness (QED) is 0.777. The molecule has 134 valence electrons. The molecule has 0 radical (unpaired) electrons. The maximum Gasteiger partial charge on any atom is 0.344 e. The van der Waals surface area contributed by atoms with E-state index in [1.165, 1.54) is 0 Å². The summed E-state index contributed by atoms with van der Waals surface area (Å²) in [5.41, 5.74) is 1.79. The van der Waals surface area contributed by atoms with Crippen molar-refractivity contribution < 1.29 is 19.1 Å². The number of carbonyl (C=O) groups is 3. The van der Waals surface area contributed by atoms with Gasteiger partial charge in [0.05, 0.1) is 0 Å². The minimum absolute atomic E-state index is 0.314. The number of rotatable bonds is 6. The molecule has 2 aromatic rings. The first-order chi connectivity index (χ1) is 12.6. The molecule has 1 saturated heterocycles. The van der Waals surface area contributed by atoms with Crippen molar-refractivity contribution in [2.75, 3.05) is 6.61 Å². The molecule has 0 saturated carbocycles. The number of amides is 4. The number of imide groups is 1. The summed E-state index contributed by atoms with van der Waals surface area (Å²) >= 11 is 0. The first kappa shape index (κ1) is 17.5. The summed E-state index contributed by atoms with van der Waals surface area (Å²) < 4.78 is 5.33. The third kappa shape index (κ3) is 3.23. The summed E-state index contributed by atoms with van der Waals surface area (Å²) in [7, 11) is 0. The molecular weight excluding hydrogens is 334 g/mol. The van der Waals surface area contributed by atoms with Gasteiger partial charge < -0.3 is 10.1 Å². The minimum Gasteiger partial charge on any atom is -0.484 e. The van der Waals surface area contributed by atoms with Gasteiger partial charge in [0.15, 0.2) is 6.61 Å². The van der Waals surface area contributed by atoms with Crippen molar-refractivity contribution in [3.63, 3.8) is 0 Å². The van der Waals surface area contributed by atoms with Crippen LogP contribution in [0.4, 0.5) is 4.79 Å². The van der Waals surface area contributed by atoms with Crippen LogP contribution in [0.5, 0.6) is 5.75 Å². The average molecular weight is 353 g/mol. The van der Waals surface area contributed by atoms with Gasteiger partial charge in [0, 0.05) is 0 Å². The lowest BCUT2D eigenvalue weighted by atomic mass is 9.87. The number of hydrazine groups is 1. The lowest BCUT2D eigenvalue weighted by Crippen LogP contribution is -2.49. The molecule has 0 aliphatic carbocycles. The predicted octanol–water partition coefficient (Wildman–Crippen LogP) is 1.95. The van der Waals surface area contributed by atoms with Crippen LogP contribution in [0.25, 0.3) is 0 Å². The van der Waals surface area contributed by atoms with Crippen molar-refractivity contribution in [2.45, 2.75) is 18.9 Å². The topological polar surface area (TPSA) is 87.7 Å². The molecular formula is C19H19N3O4. The van der Waals surface area contributed by atoms with Crippen LogP contribution in [0.3, 0.4) is 0 Å². The van der Waals surface area contributed by atoms with E-state index in [2.05, 4.69) is 10.7 Å². The number of ether oxygens (including phenoxy) is 1. The van der Waals surface area contributed by atoms with E-state index < -0.39 is 23.4 Å². The van der Waals surface area contributed by atoms with Crippen molar-refractivity contribution in [3.8, 4) is 5.75 Å². The van der Waals surface area contributed by atoms with Crippen molar-refractivity contribution in [2.24, 2.45) is 0 Å². The smallest absolute Gasteiger partial charge is 0.344 e. The Morgan fingerprint density at radius 3 is 2.31 bits per heavy atom. The van der Waals surface area contributed by atoms with Crippen molar-refractivity contribution >= 4 is 17.8 Å². The number of nitrogens with zero attached hydrogens (tertiary/aromatic N) is 1. The zero-order valence-corrected chi connectivity index (χ0v) is 14.3. The van der Waals surface area contributed by atoms with E-state index >= 15 is 0 Å². The molecule has 3 rings (SSSR count). The Labute approximate surface area is 150 Å². The molecule has 2 aromatic carbocycles. The molecule has 1 atom stereocenters. The third-order valence-electron chi connectivity index (χ3n) is 4.24. The first-order valence-electron chi connectivity index (χ1n) is 8.26. The number of benzene rings is 2. The first-order valence-corrected chi connectivity index (χ1v) is 8.26. The van der Waals surface area contributed by atoms with E-state index in [9.17, 15) is 14.4 Å². The maximum atomic E-state index is 12.9. The van der Waals surface area contributed by atoms with Crippen LogP contribution in [0.1, 0.15) is 18.9 Å². The number of hydrogen-bond acceptors (Lipinski definition) is 4. The number of hydrogen-bond donors (Lipinski definition) is 2. The fourth-order valence-electron chi connectivity index (χ4n) is 2.86. The van der Waals surface area contributed by atoms with Gasteiger partial charge in [0.2, 0.25) is 0 Å². The Balaban J connectivity index is 1.70. The second-order valence-corrected chi connectivity index (χ2v) is 5.83. The molecule has 1 fully saturated rings. The molecule has 1 aliphatic rings. The van der Waals surface area contributed by atoms with Gasteiger partial charge in [-0.2, -0.15) is 5.01 Å². The third-order valence-corrected chi connectivity index (χ3v) is 4.24. The average Bonchev–Trinajstić information content (AvgIpc) is 2.93. The van der Waals surface area contributed by atoms with Crippen LogP contribution >= 0.6 is 0 Å². The van der Waals surface area contributed by atoms with E-state index in [-0.39, 0.29) is 6.61 Å². The van der Waals surface area contributed by atoms with Crippen molar-refractivity contribution in [1.82, 2.24) is 15.8 Å². The molecule has 1 aliphatic heterocycles. The molecule has 7 nitrogen and oxygen atoms in total. The summed E-state index contributed by atoms with van der Waals surface area (Å²) in [5.74, 6) is -0.603. The van der Waals surface area contributed by atoms with Crippen LogP contribution in [0.2, 0.25) is 0 Å². The van der Waals surface area contributed by atoms with Gasteiger partial charge >= 0.3 is 6.03 Å². The fraction of sp³-hybridized carbons (Fsp3) is 0.211. The van der Waals surface area contributed by atoms with Gasteiger partial charge in [-0.3, -0.25) is 15.0 Å². The van der Waals surface area contributed by atoms with E-state index in [1.54, 1.807) is 55.5 Å². The highest BCUT2D eigenvalue weighted by Crippen LogP contribution is 2.31. The van der Waals surface area contributed by atoms with Gasteiger partial charge in [0.1, 0.15) is 11.3 Å². The summed E-state index contributed by atoms with van der Waals surface area (Å²) in [6.07, 6.45) is 0.356. The molecule has 2 N–H and O–H groups in total. The van der Waals surface area contributed by atoms with Crippen LogP contribution in [0, 0.1) is 0 Å². The highest BCUT2D eigenvalue weighted by molar-refractivity contribution is 6.08. The molecule has 1 heterocycles. The maximum absolute atomic E-state index is 12.9. The predicted molar refractivity (Wildman–Crippen MR) is 93.9 cm³/mol. The zero-order chi connectivity index (χ0) is 18.6. The van der Waals surface area contributed by atoms with E-state index in [0.29, 0.717) is 22.7 Å². The monoisotopic (exact) mass is 353 g/mol. The summed E-state index contributed by atoms with van der Waals surface area (Å²) in [6, 6.07) is 17.1. The van der Waals surface area contributed by atoms with E-state index in [4.69, 9.17) is 4.74 Å².